The predicted molar refractivity (Wildman–Crippen MR) is 44.4 cm³/mol. The van der Waals surface area contributed by atoms with Crippen LogP contribution in [0.3, 0.4) is 0 Å². The molecule has 0 saturated heterocycles. The Hall–Kier alpha value is -0.610. The van der Waals surface area contributed by atoms with Crippen LogP contribution in [-0.4, -0.2) is 10.5 Å². The van der Waals surface area contributed by atoms with Gasteiger partial charge in [0.1, 0.15) is 11.5 Å². The van der Waals surface area contributed by atoms with Crippen LogP contribution in [0.2, 0.25) is 0 Å². The Labute approximate surface area is 68.0 Å². The highest BCUT2D eigenvalue weighted by Gasteiger charge is 2.01. The molecule has 0 bridgehead atoms. The fourth-order valence-electron chi connectivity index (χ4n) is 0.810. The number of rotatable bonds is 3. The molecule has 4 heteroatoms. The number of hydrogen-bond acceptors (Lipinski definition) is 3. The third kappa shape index (κ3) is 2.48. The van der Waals surface area contributed by atoms with E-state index in [4.69, 9.17) is 10.2 Å². The molecule has 0 radical (unpaired) electrons. The van der Waals surface area contributed by atoms with Gasteiger partial charge in [-0.15, -0.1) is 0 Å². The van der Waals surface area contributed by atoms with Gasteiger partial charge >= 0.3 is 0 Å². The highest BCUT2D eigenvalue weighted by molar-refractivity contribution is 7.83. The van der Waals surface area contributed by atoms with Gasteiger partial charge in [-0.1, -0.05) is 0 Å². The lowest BCUT2D eigenvalue weighted by Crippen LogP contribution is -1.93. The average Bonchev–Trinajstić information content (AvgIpc) is 2.34. The average molecular weight is 173 g/mol. The van der Waals surface area contributed by atoms with E-state index < -0.39 is 10.8 Å². The molecule has 1 heterocycles. The first-order valence-electron chi connectivity index (χ1n) is 3.30. The first kappa shape index (κ1) is 8.49. The van der Waals surface area contributed by atoms with Crippen molar-refractivity contribution in [1.82, 2.24) is 0 Å². The van der Waals surface area contributed by atoms with Crippen molar-refractivity contribution in [2.45, 2.75) is 12.3 Å². The fraction of sp³-hybridized carbons (Fsp3) is 0.429. The van der Waals surface area contributed by atoms with Gasteiger partial charge in [0.05, 0.1) is 12.3 Å². The Bertz CT molecular complexity index is 257. The standard InChI is InChI=1S/C7H11NO2S/c1-11(9)5-7-3-2-6(4-8)10-7/h2-3H,4-5,8H2,1H3. The molecule has 0 aliphatic heterocycles. The van der Waals surface area contributed by atoms with Crippen LogP contribution in [0.5, 0.6) is 0 Å². The van der Waals surface area contributed by atoms with E-state index in [1.54, 1.807) is 6.26 Å². The molecule has 0 aliphatic carbocycles. The number of nitrogens with two attached hydrogens (primary N) is 1. The lowest BCUT2D eigenvalue weighted by atomic mass is 10.4. The van der Waals surface area contributed by atoms with Crippen LogP contribution in [0.4, 0.5) is 0 Å². The van der Waals surface area contributed by atoms with E-state index in [1.165, 1.54) is 0 Å². The van der Waals surface area contributed by atoms with E-state index >= 15 is 0 Å². The van der Waals surface area contributed by atoms with Crippen LogP contribution >= 0.6 is 0 Å². The Kier molecular flexibility index (Phi) is 2.84. The van der Waals surface area contributed by atoms with Gasteiger partial charge in [0.25, 0.3) is 0 Å². The molecule has 0 spiro atoms. The minimum Gasteiger partial charge on any atom is -0.464 e. The van der Waals surface area contributed by atoms with Gasteiger partial charge in [0.2, 0.25) is 0 Å². The number of hydrogen-bond donors (Lipinski definition) is 1. The summed E-state index contributed by atoms with van der Waals surface area (Å²) in [4.78, 5) is 0. The van der Waals surface area contributed by atoms with Crippen molar-refractivity contribution in [3.8, 4) is 0 Å². The first-order chi connectivity index (χ1) is 5.22. The van der Waals surface area contributed by atoms with E-state index in [9.17, 15) is 4.21 Å². The van der Waals surface area contributed by atoms with E-state index in [-0.39, 0.29) is 0 Å². The molecule has 0 saturated carbocycles. The molecular formula is C7H11NO2S. The van der Waals surface area contributed by atoms with Crippen molar-refractivity contribution in [3.63, 3.8) is 0 Å². The lowest BCUT2D eigenvalue weighted by Gasteiger charge is -1.90. The molecule has 0 aliphatic rings. The van der Waals surface area contributed by atoms with Crippen molar-refractivity contribution in [3.05, 3.63) is 23.7 Å². The minimum absolute atomic E-state index is 0.399. The lowest BCUT2D eigenvalue weighted by molar-refractivity contribution is 0.481. The predicted octanol–water partition coefficient (Wildman–Crippen LogP) is 0.617. The SMILES string of the molecule is CS(=O)Cc1ccc(CN)o1. The van der Waals surface area contributed by atoms with Crippen molar-refractivity contribution in [2.75, 3.05) is 6.26 Å². The summed E-state index contributed by atoms with van der Waals surface area (Å²) in [7, 11) is -0.840. The fourth-order valence-corrected chi connectivity index (χ4v) is 1.37. The van der Waals surface area contributed by atoms with Gasteiger partial charge in [-0.2, -0.15) is 0 Å². The second kappa shape index (κ2) is 3.69. The van der Waals surface area contributed by atoms with Crippen LogP contribution in [0.1, 0.15) is 11.5 Å². The molecule has 0 fully saturated rings. The van der Waals surface area contributed by atoms with Crippen LogP contribution in [0.25, 0.3) is 0 Å². The van der Waals surface area contributed by atoms with Gasteiger partial charge < -0.3 is 10.2 Å². The summed E-state index contributed by atoms with van der Waals surface area (Å²) in [5, 5.41) is 0. The topological polar surface area (TPSA) is 56.2 Å². The van der Waals surface area contributed by atoms with Crippen molar-refractivity contribution < 1.29 is 8.63 Å². The molecule has 3 nitrogen and oxygen atoms in total. The van der Waals surface area contributed by atoms with Crippen LogP contribution in [0, 0.1) is 0 Å². The van der Waals surface area contributed by atoms with Crippen molar-refractivity contribution in [1.29, 1.82) is 0 Å². The molecule has 0 aromatic carbocycles. The largest absolute Gasteiger partial charge is 0.464 e. The normalized spacial score (nSPS) is 13.3. The van der Waals surface area contributed by atoms with E-state index in [0.717, 1.165) is 11.5 Å². The van der Waals surface area contributed by atoms with E-state index in [1.807, 2.05) is 12.1 Å². The van der Waals surface area contributed by atoms with Crippen molar-refractivity contribution in [2.24, 2.45) is 5.73 Å². The van der Waals surface area contributed by atoms with Crippen LogP contribution in [0.15, 0.2) is 16.5 Å². The molecule has 1 unspecified atom stereocenters. The van der Waals surface area contributed by atoms with Crippen molar-refractivity contribution >= 4 is 10.8 Å². The monoisotopic (exact) mass is 173 g/mol. The maximum Gasteiger partial charge on any atom is 0.117 e. The smallest absolute Gasteiger partial charge is 0.117 e. The second-order valence-corrected chi connectivity index (χ2v) is 3.72. The van der Waals surface area contributed by atoms with Gasteiger partial charge in [-0.3, -0.25) is 4.21 Å². The maximum atomic E-state index is 10.7. The van der Waals surface area contributed by atoms with Gasteiger partial charge in [-0.05, 0) is 12.1 Å². The molecular weight excluding hydrogens is 162 g/mol. The molecule has 11 heavy (non-hydrogen) atoms. The molecule has 1 aromatic heterocycles. The molecule has 1 atom stereocenters. The maximum absolute atomic E-state index is 10.7. The number of furan rings is 1. The summed E-state index contributed by atoms with van der Waals surface area (Å²) in [6, 6.07) is 3.62. The molecule has 1 aromatic rings. The highest BCUT2D eigenvalue weighted by Crippen LogP contribution is 2.08. The Balaban J connectivity index is 2.65. The van der Waals surface area contributed by atoms with Gasteiger partial charge in [0.15, 0.2) is 0 Å². The highest BCUT2D eigenvalue weighted by atomic mass is 32.2. The van der Waals surface area contributed by atoms with Gasteiger partial charge in [0, 0.05) is 17.1 Å². The molecule has 1 rings (SSSR count). The summed E-state index contributed by atoms with van der Waals surface area (Å²) in [5.41, 5.74) is 5.32. The third-order valence-electron chi connectivity index (χ3n) is 1.26. The van der Waals surface area contributed by atoms with Gasteiger partial charge in [-0.25, -0.2) is 0 Å². The zero-order valence-corrected chi connectivity index (χ0v) is 7.19. The Morgan fingerprint density at radius 1 is 1.55 bits per heavy atom. The minimum atomic E-state index is -0.840. The summed E-state index contributed by atoms with van der Waals surface area (Å²) in [5.74, 6) is 1.96. The second-order valence-electron chi connectivity index (χ2n) is 2.29. The molecule has 62 valence electrons. The first-order valence-corrected chi connectivity index (χ1v) is 5.03. The summed E-state index contributed by atoms with van der Waals surface area (Å²) < 4.78 is 16.0. The zero-order valence-electron chi connectivity index (χ0n) is 6.37. The van der Waals surface area contributed by atoms with Crippen LogP contribution < -0.4 is 5.73 Å². The van der Waals surface area contributed by atoms with E-state index in [2.05, 4.69) is 0 Å². The quantitative estimate of drug-likeness (QED) is 0.728. The Morgan fingerprint density at radius 3 is 2.64 bits per heavy atom. The van der Waals surface area contributed by atoms with E-state index in [0.29, 0.717) is 12.3 Å². The Morgan fingerprint density at radius 2 is 2.18 bits per heavy atom. The van der Waals surface area contributed by atoms with Crippen LogP contribution in [-0.2, 0) is 23.1 Å². The molecule has 2 N–H and O–H groups in total. The summed E-state index contributed by atoms with van der Waals surface area (Å²) in [6.45, 7) is 0.399. The third-order valence-corrected chi connectivity index (χ3v) is 1.96. The zero-order chi connectivity index (χ0) is 8.27. The molecule has 0 amide bonds. The summed E-state index contributed by atoms with van der Waals surface area (Å²) in [6.07, 6.45) is 1.64. The summed E-state index contributed by atoms with van der Waals surface area (Å²) >= 11 is 0.